The Morgan fingerprint density at radius 1 is 1.47 bits per heavy atom. The molecule has 2 N–H and O–H groups in total. The molecule has 0 spiro atoms. The summed E-state index contributed by atoms with van der Waals surface area (Å²) in [6, 6.07) is 0. The van der Waals surface area contributed by atoms with Gasteiger partial charge >= 0.3 is 0 Å². The second-order valence-electron chi connectivity index (χ2n) is 4.30. The highest BCUT2D eigenvalue weighted by Gasteiger charge is 2.33. The zero-order chi connectivity index (χ0) is 10.4. The molecule has 2 heterocycles. The summed E-state index contributed by atoms with van der Waals surface area (Å²) in [6.45, 7) is 3.27. The number of nitrogens with two attached hydrogens (primary N) is 1. The highest BCUT2D eigenvalue weighted by molar-refractivity contribution is 5.81. The average Bonchev–Trinajstić information content (AvgIpc) is 2.75. The summed E-state index contributed by atoms with van der Waals surface area (Å²) in [5.74, 6) is 2.07. The topological polar surface area (TPSA) is 69.6 Å². The summed E-state index contributed by atoms with van der Waals surface area (Å²) in [5, 5.41) is 0. The van der Waals surface area contributed by atoms with Crippen LogP contribution in [0.25, 0.3) is 11.2 Å². The van der Waals surface area contributed by atoms with E-state index in [0.717, 1.165) is 24.0 Å². The Hall–Kier alpha value is -1.65. The third-order valence-corrected chi connectivity index (χ3v) is 3.14. The van der Waals surface area contributed by atoms with E-state index in [9.17, 15) is 0 Å². The van der Waals surface area contributed by atoms with Gasteiger partial charge in [0.05, 0.1) is 6.33 Å². The van der Waals surface area contributed by atoms with E-state index in [0.29, 0.717) is 11.3 Å². The first-order chi connectivity index (χ1) is 7.25. The molecule has 3 rings (SSSR count). The molecule has 0 aliphatic heterocycles. The molecular weight excluding hydrogens is 190 g/mol. The molecule has 5 nitrogen and oxygen atoms in total. The number of imidazole rings is 1. The van der Waals surface area contributed by atoms with Gasteiger partial charge in [0.25, 0.3) is 0 Å². The normalized spacial score (nSPS) is 24.6. The molecular formula is C10H13N5. The summed E-state index contributed by atoms with van der Waals surface area (Å²) in [7, 11) is 0. The van der Waals surface area contributed by atoms with Gasteiger partial charge in [0.2, 0.25) is 0 Å². The molecule has 2 aromatic rings. The average molecular weight is 203 g/mol. The van der Waals surface area contributed by atoms with Crippen LogP contribution in [0.1, 0.15) is 13.3 Å². The van der Waals surface area contributed by atoms with Gasteiger partial charge in [-0.25, -0.2) is 15.0 Å². The van der Waals surface area contributed by atoms with Gasteiger partial charge in [-0.2, -0.15) is 0 Å². The number of hydrogen-bond acceptors (Lipinski definition) is 4. The second-order valence-corrected chi connectivity index (χ2v) is 4.30. The van der Waals surface area contributed by atoms with Gasteiger partial charge in [0.15, 0.2) is 11.5 Å². The van der Waals surface area contributed by atoms with Crippen LogP contribution in [-0.4, -0.2) is 19.5 Å². The molecule has 1 saturated carbocycles. The maximum atomic E-state index is 5.72. The molecule has 0 bridgehead atoms. The highest BCUT2D eigenvalue weighted by atomic mass is 15.1. The number of hydrogen-bond donors (Lipinski definition) is 1. The molecule has 78 valence electrons. The fraction of sp³-hybridized carbons (Fsp3) is 0.500. The lowest BCUT2D eigenvalue weighted by atomic mass is 10.3. The lowest BCUT2D eigenvalue weighted by Gasteiger charge is -2.01. The largest absolute Gasteiger partial charge is 0.382 e. The molecule has 1 fully saturated rings. The van der Waals surface area contributed by atoms with Crippen LogP contribution in [-0.2, 0) is 6.54 Å². The van der Waals surface area contributed by atoms with E-state index >= 15 is 0 Å². The van der Waals surface area contributed by atoms with E-state index in [1.165, 1.54) is 12.7 Å². The molecule has 2 aromatic heterocycles. The Morgan fingerprint density at radius 3 is 3.00 bits per heavy atom. The maximum absolute atomic E-state index is 5.72. The van der Waals surface area contributed by atoms with Gasteiger partial charge in [0, 0.05) is 6.54 Å². The summed E-state index contributed by atoms with van der Waals surface area (Å²) in [6.07, 6.45) is 4.60. The number of nitrogen functional groups attached to an aromatic ring is 1. The minimum atomic E-state index is 0.461. The minimum absolute atomic E-state index is 0.461. The van der Waals surface area contributed by atoms with Gasteiger partial charge in [-0.05, 0) is 18.3 Å². The minimum Gasteiger partial charge on any atom is -0.382 e. The standard InChI is InChI=1S/C10H13N5/c1-6-2-7(6)3-15-5-14-8-9(11)12-4-13-10(8)15/h4-7H,2-3H2,1H3,(H2,11,12,13). The van der Waals surface area contributed by atoms with Crippen molar-refractivity contribution in [2.45, 2.75) is 19.9 Å². The van der Waals surface area contributed by atoms with Crippen molar-refractivity contribution in [3.63, 3.8) is 0 Å². The SMILES string of the molecule is CC1CC1Cn1cnc2c(N)ncnc21. The Labute approximate surface area is 87.3 Å². The van der Waals surface area contributed by atoms with Crippen LogP contribution in [0.4, 0.5) is 5.82 Å². The molecule has 1 aliphatic carbocycles. The maximum Gasteiger partial charge on any atom is 0.165 e. The first-order valence-corrected chi connectivity index (χ1v) is 5.17. The third-order valence-electron chi connectivity index (χ3n) is 3.14. The fourth-order valence-corrected chi connectivity index (χ4v) is 1.94. The lowest BCUT2D eigenvalue weighted by molar-refractivity contribution is 0.602. The summed E-state index contributed by atoms with van der Waals surface area (Å²) in [4.78, 5) is 12.4. The highest BCUT2D eigenvalue weighted by Crippen LogP contribution is 2.39. The van der Waals surface area contributed by atoms with Gasteiger partial charge in [-0.15, -0.1) is 0 Å². The van der Waals surface area contributed by atoms with Gasteiger partial charge in [-0.3, -0.25) is 0 Å². The zero-order valence-corrected chi connectivity index (χ0v) is 8.59. The van der Waals surface area contributed by atoms with Crippen LogP contribution < -0.4 is 5.73 Å². The molecule has 15 heavy (non-hydrogen) atoms. The first kappa shape index (κ1) is 8.64. The molecule has 2 atom stereocenters. The predicted molar refractivity (Wildman–Crippen MR) is 57.0 cm³/mol. The van der Waals surface area contributed by atoms with Crippen molar-refractivity contribution in [2.75, 3.05) is 5.73 Å². The van der Waals surface area contributed by atoms with Crippen LogP contribution in [0.3, 0.4) is 0 Å². The number of rotatable bonds is 2. The summed E-state index contributed by atoms with van der Waals surface area (Å²) in [5.41, 5.74) is 7.28. The van der Waals surface area contributed by atoms with Gasteiger partial charge in [-0.1, -0.05) is 6.92 Å². The van der Waals surface area contributed by atoms with Gasteiger partial charge < -0.3 is 10.3 Å². The van der Waals surface area contributed by atoms with E-state index in [1.807, 2.05) is 0 Å². The smallest absolute Gasteiger partial charge is 0.165 e. The number of fused-ring (bicyclic) bond motifs is 1. The van der Waals surface area contributed by atoms with E-state index in [1.54, 1.807) is 6.33 Å². The molecule has 0 amide bonds. The van der Waals surface area contributed by atoms with Gasteiger partial charge in [0.1, 0.15) is 11.8 Å². The molecule has 5 heteroatoms. The fourth-order valence-electron chi connectivity index (χ4n) is 1.94. The number of nitrogens with zero attached hydrogens (tertiary/aromatic N) is 4. The third kappa shape index (κ3) is 1.35. The van der Waals surface area contributed by atoms with Crippen LogP contribution in [0.2, 0.25) is 0 Å². The van der Waals surface area contributed by atoms with E-state index < -0.39 is 0 Å². The Bertz CT molecular complexity index is 503. The molecule has 2 unspecified atom stereocenters. The molecule has 0 radical (unpaired) electrons. The molecule has 1 aliphatic rings. The zero-order valence-electron chi connectivity index (χ0n) is 8.59. The van der Waals surface area contributed by atoms with Crippen molar-refractivity contribution in [1.29, 1.82) is 0 Å². The Morgan fingerprint density at radius 2 is 2.27 bits per heavy atom. The predicted octanol–water partition coefficient (Wildman–Crippen LogP) is 1.06. The number of anilines is 1. The van der Waals surface area contributed by atoms with E-state index in [4.69, 9.17) is 5.73 Å². The van der Waals surface area contributed by atoms with Crippen LogP contribution in [0.5, 0.6) is 0 Å². The van der Waals surface area contributed by atoms with Crippen LogP contribution >= 0.6 is 0 Å². The van der Waals surface area contributed by atoms with Crippen LogP contribution in [0, 0.1) is 11.8 Å². The monoisotopic (exact) mass is 203 g/mol. The van der Waals surface area contributed by atoms with Crippen molar-refractivity contribution in [3.8, 4) is 0 Å². The Balaban J connectivity index is 2.01. The van der Waals surface area contributed by atoms with Crippen molar-refractivity contribution < 1.29 is 0 Å². The van der Waals surface area contributed by atoms with Crippen molar-refractivity contribution >= 4 is 17.0 Å². The summed E-state index contributed by atoms with van der Waals surface area (Å²) >= 11 is 0. The van der Waals surface area contributed by atoms with Crippen molar-refractivity contribution in [3.05, 3.63) is 12.7 Å². The summed E-state index contributed by atoms with van der Waals surface area (Å²) < 4.78 is 2.07. The van der Waals surface area contributed by atoms with E-state index in [-0.39, 0.29) is 0 Å². The quantitative estimate of drug-likeness (QED) is 0.792. The molecule has 0 saturated heterocycles. The molecule has 0 aromatic carbocycles. The van der Waals surface area contributed by atoms with Crippen molar-refractivity contribution in [2.24, 2.45) is 11.8 Å². The first-order valence-electron chi connectivity index (χ1n) is 5.17. The lowest BCUT2D eigenvalue weighted by Crippen LogP contribution is -2.01. The van der Waals surface area contributed by atoms with E-state index in [2.05, 4.69) is 26.4 Å². The van der Waals surface area contributed by atoms with Crippen molar-refractivity contribution in [1.82, 2.24) is 19.5 Å². The number of aromatic nitrogens is 4. The van der Waals surface area contributed by atoms with Crippen LogP contribution in [0.15, 0.2) is 12.7 Å². The second kappa shape index (κ2) is 2.92. The Kier molecular flexibility index (Phi) is 1.68.